The van der Waals surface area contributed by atoms with Crippen molar-refractivity contribution in [2.45, 2.75) is 57.6 Å². The highest BCUT2D eigenvalue weighted by atomic mass is 16.5. The third kappa shape index (κ3) is 4.45. The summed E-state index contributed by atoms with van der Waals surface area (Å²) in [7, 11) is 0. The van der Waals surface area contributed by atoms with E-state index in [-0.39, 0.29) is 5.91 Å². The van der Waals surface area contributed by atoms with E-state index in [1.165, 1.54) is 25.5 Å². The van der Waals surface area contributed by atoms with Gasteiger partial charge in [0, 0.05) is 25.5 Å². The molecule has 5 rings (SSSR count). The zero-order chi connectivity index (χ0) is 23.0. The smallest absolute Gasteiger partial charge is 0.261 e. The fraction of sp³-hybridized carbons (Fsp3) is 0.565. The summed E-state index contributed by atoms with van der Waals surface area (Å²) >= 11 is 0. The van der Waals surface area contributed by atoms with Crippen LogP contribution >= 0.6 is 0 Å². The normalized spacial score (nSPS) is 18.1. The first-order chi connectivity index (χ1) is 15.9. The van der Waals surface area contributed by atoms with Gasteiger partial charge in [-0.3, -0.25) is 9.48 Å². The SMILES string of the molecule is CC(C)(O)c1nn(C2CCCCC2)cc1NC(=O)c1cnn2ccc(N3CCOCC3)nc12. The number of ether oxygens (including phenoxy) is 1. The Hall–Kier alpha value is -2.98. The van der Waals surface area contributed by atoms with Crippen molar-refractivity contribution in [2.75, 3.05) is 36.5 Å². The number of fused-ring (bicyclic) bond motifs is 1. The maximum Gasteiger partial charge on any atom is 0.261 e. The van der Waals surface area contributed by atoms with E-state index in [0.29, 0.717) is 41.8 Å². The van der Waals surface area contributed by atoms with Crippen LogP contribution in [0.3, 0.4) is 0 Å². The van der Waals surface area contributed by atoms with Crippen LogP contribution in [0.15, 0.2) is 24.7 Å². The number of rotatable bonds is 5. The van der Waals surface area contributed by atoms with Gasteiger partial charge in [-0.1, -0.05) is 19.3 Å². The Morgan fingerprint density at radius 2 is 1.97 bits per heavy atom. The number of aromatic nitrogens is 5. The molecule has 1 saturated carbocycles. The molecule has 10 heteroatoms. The standard InChI is InChI=1S/C23H31N7O3/c1-23(2,32)20-18(15-30(27-20)16-6-4-3-5-7-16)25-22(31)17-14-24-29-9-8-19(26-21(17)29)28-10-12-33-13-11-28/h8-9,14-16,32H,3-7,10-13H2,1-2H3,(H,25,31). The first-order valence-corrected chi connectivity index (χ1v) is 11.7. The van der Waals surface area contributed by atoms with Gasteiger partial charge in [-0.25, -0.2) is 9.50 Å². The van der Waals surface area contributed by atoms with E-state index in [1.54, 1.807) is 18.4 Å². The van der Waals surface area contributed by atoms with Crippen LogP contribution in [0.5, 0.6) is 0 Å². The van der Waals surface area contributed by atoms with Crippen LogP contribution in [-0.4, -0.2) is 61.7 Å². The molecule has 0 radical (unpaired) electrons. The Labute approximate surface area is 192 Å². The third-order valence-electron chi connectivity index (χ3n) is 6.44. The van der Waals surface area contributed by atoms with Crippen molar-refractivity contribution in [3.63, 3.8) is 0 Å². The van der Waals surface area contributed by atoms with Crippen LogP contribution in [0.2, 0.25) is 0 Å². The van der Waals surface area contributed by atoms with E-state index in [4.69, 9.17) is 9.72 Å². The zero-order valence-electron chi connectivity index (χ0n) is 19.2. The predicted octanol–water partition coefficient (Wildman–Crippen LogP) is 2.75. The second kappa shape index (κ2) is 8.75. The molecule has 0 spiro atoms. The molecule has 10 nitrogen and oxygen atoms in total. The maximum atomic E-state index is 13.3. The largest absolute Gasteiger partial charge is 0.384 e. The quantitative estimate of drug-likeness (QED) is 0.611. The Bertz CT molecular complexity index is 1130. The van der Waals surface area contributed by atoms with Crippen molar-refractivity contribution in [3.05, 3.63) is 35.9 Å². The summed E-state index contributed by atoms with van der Waals surface area (Å²) < 4.78 is 8.93. The number of nitrogens with one attached hydrogen (secondary N) is 1. The molecule has 2 N–H and O–H groups in total. The van der Waals surface area contributed by atoms with Gasteiger partial charge in [-0.05, 0) is 32.8 Å². The number of carbonyl (C=O) groups is 1. The molecule has 1 saturated heterocycles. The predicted molar refractivity (Wildman–Crippen MR) is 124 cm³/mol. The summed E-state index contributed by atoms with van der Waals surface area (Å²) in [6.45, 7) is 6.19. The number of carbonyl (C=O) groups excluding carboxylic acids is 1. The Balaban J connectivity index is 1.43. The molecule has 33 heavy (non-hydrogen) atoms. The van der Waals surface area contributed by atoms with E-state index >= 15 is 0 Å². The molecule has 0 unspecified atom stereocenters. The lowest BCUT2D eigenvalue weighted by Crippen LogP contribution is -2.36. The van der Waals surface area contributed by atoms with Crippen molar-refractivity contribution >= 4 is 23.1 Å². The highest BCUT2D eigenvalue weighted by Crippen LogP contribution is 2.33. The van der Waals surface area contributed by atoms with Gasteiger partial charge in [0.25, 0.3) is 5.91 Å². The van der Waals surface area contributed by atoms with Crippen LogP contribution in [0.25, 0.3) is 5.65 Å². The summed E-state index contributed by atoms with van der Waals surface area (Å²) in [6, 6.07) is 2.19. The van der Waals surface area contributed by atoms with Crippen molar-refractivity contribution in [1.82, 2.24) is 24.4 Å². The molecule has 3 aromatic heterocycles. The molecule has 3 aromatic rings. The van der Waals surface area contributed by atoms with Crippen LogP contribution in [0.1, 0.15) is 68.0 Å². The van der Waals surface area contributed by atoms with Crippen molar-refractivity contribution < 1.29 is 14.6 Å². The van der Waals surface area contributed by atoms with Crippen LogP contribution in [0, 0.1) is 0 Å². The number of nitrogens with zero attached hydrogens (tertiary/aromatic N) is 6. The lowest BCUT2D eigenvalue weighted by atomic mass is 9.96. The van der Waals surface area contributed by atoms with Gasteiger partial charge < -0.3 is 20.1 Å². The highest BCUT2D eigenvalue weighted by molar-refractivity contribution is 6.08. The molecule has 1 amide bonds. The molecular formula is C23H31N7O3. The molecule has 1 aliphatic heterocycles. The Kier molecular flexibility index (Phi) is 5.79. The van der Waals surface area contributed by atoms with E-state index in [9.17, 15) is 9.90 Å². The number of anilines is 2. The molecule has 4 heterocycles. The van der Waals surface area contributed by atoms with Crippen molar-refractivity contribution in [3.8, 4) is 0 Å². The van der Waals surface area contributed by atoms with E-state index in [0.717, 1.165) is 31.7 Å². The monoisotopic (exact) mass is 453 g/mol. The fourth-order valence-electron chi connectivity index (χ4n) is 4.65. The van der Waals surface area contributed by atoms with Gasteiger partial charge in [0.15, 0.2) is 5.65 Å². The summed E-state index contributed by atoms with van der Waals surface area (Å²) in [4.78, 5) is 20.1. The Morgan fingerprint density at radius 1 is 1.21 bits per heavy atom. The van der Waals surface area contributed by atoms with E-state index in [2.05, 4.69) is 20.4 Å². The summed E-state index contributed by atoms with van der Waals surface area (Å²) in [5.74, 6) is 0.466. The topological polar surface area (TPSA) is 110 Å². The van der Waals surface area contributed by atoms with Crippen molar-refractivity contribution in [1.29, 1.82) is 0 Å². The summed E-state index contributed by atoms with van der Waals surface area (Å²) in [5.41, 5.74) is 0.644. The van der Waals surface area contributed by atoms with E-state index < -0.39 is 5.60 Å². The first-order valence-electron chi connectivity index (χ1n) is 11.7. The molecule has 0 atom stereocenters. The second-order valence-electron chi connectivity index (χ2n) is 9.39. The molecule has 1 aliphatic carbocycles. The minimum absolute atomic E-state index is 0.292. The number of hydrogen-bond donors (Lipinski definition) is 2. The van der Waals surface area contributed by atoms with Crippen LogP contribution in [0.4, 0.5) is 11.5 Å². The van der Waals surface area contributed by atoms with Gasteiger partial charge in [0.1, 0.15) is 22.7 Å². The third-order valence-corrected chi connectivity index (χ3v) is 6.44. The molecule has 2 fully saturated rings. The van der Waals surface area contributed by atoms with Gasteiger partial charge >= 0.3 is 0 Å². The van der Waals surface area contributed by atoms with Gasteiger partial charge in [-0.2, -0.15) is 10.2 Å². The van der Waals surface area contributed by atoms with Crippen LogP contribution < -0.4 is 10.2 Å². The maximum absolute atomic E-state index is 13.3. The number of amides is 1. The molecule has 0 bridgehead atoms. The Morgan fingerprint density at radius 3 is 2.70 bits per heavy atom. The molecule has 176 valence electrons. The van der Waals surface area contributed by atoms with E-state index in [1.807, 2.05) is 23.1 Å². The average molecular weight is 454 g/mol. The number of hydrogen-bond acceptors (Lipinski definition) is 7. The summed E-state index contributed by atoms with van der Waals surface area (Å²) in [6.07, 6.45) is 10.9. The van der Waals surface area contributed by atoms with Gasteiger partial charge in [-0.15, -0.1) is 0 Å². The molecule has 0 aromatic carbocycles. The second-order valence-corrected chi connectivity index (χ2v) is 9.39. The lowest BCUT2D eigenvalue weighted by molar-refractivity contribution is 0.0732. The van der Waals surface area contributed by atoms with Crippen molar-refractivity contribution in [2.24, 2.45) is 0 Å². The van der Waals surface area contributed by atoms with Gasteiger partial charge in [0.05, 0.1) is 31.1 Å². The molecule has 2 aliphatic rings. The first kappa shape index (κ1) is 21.8. The fourth-order valence-corrected chi connectivity index (χ4v) is 4.65. The van der Waals surface area contributed by atoms with Crippen LogP contribution in [-0.2, 0) is 10.3 Å². The minimum Gasteiger partial charge on any atom is -0.384 e. The summed E-state index contributed by atoms with van der Waals surface area (Å²) in [5, 5.41) is 22.6. The lowest BCUT2D eigenvalue weighted by Gasteiger charge is -2.27. The minimum atomic E-state index is -1.19. The highest BCUT2D eigenvalue weighted by Gasteiger charge is 2.29. The number of aliphatic hydroxyl groups is 1. The van der Waals surface area contributed by atoms with Gasteiger partial charge in [0.2, 0.25) is 0 Å². The molecular weight excluding hydrogens is 422 g/mol. The average Bonchev–Trinajstić information content (AvgIpc) is 3.44. The zero-order valence-corrected chi connectivity index (χ0v) is 19.2. The number of morpholine rings is 1.